The quantitative estimate of drug-likeness (QED) is 0.680. The average Bonchev–Trinajstić information content (AvgIpc) is 2.85. The van der Waals surface area contributed by atoms with Gasteiger partial charge in [-0.3, -0.25) is 4.72 Å². The molecular weight excluding hydrogens is 419 g/mol. The lowest BCUT2D eigenvalue weighted by Crippen LogP contribution is -2.23. The summed E-state index contributed by atoms with van der Waals surface area (Å²) < 4.78 is 28.6. The molecule has 1 aromatic heterocycles. The molecule has 0 bridgehead atoms. The normalized spacial score (nSPS) is 11.8. The van der Waals surface area contributed by atoms with Gasteiger partial charge in [-0.15, -0.1) is 11.3 Å². The highest BCUT2D eigenvalue weighted by molar-refractivity contribution is 14.1. The van der Waals surface area contributed by atoms with Crippen LogP contribution in [0.2, 0.25) is 0 Å². The highest BCUT2D eigenvalue weighted by Gasteiger charge is 2.20. The van der Waals surface area contributed by atoms with E-state index in [1.54, 1.807) is 23.6 Å². The van der Waals surface area contributed by atoms with Gasteiger partial charge in [0.25, 0.3) is 10.0 Å². The van der Waals surface area contributed by atoms with E-state index in [1.807, 2.05) is 26.0 Å². The maximum Gasteiger partial charge on any atom is 0.263 e. The van der Waals surface area contributed by atoms with Crippen molar-refractivity contribution in [2.45, 2.75) is 31.3 Å². The van der Waals surface area contributed by atoms with E-state index < -0.39 is 10.0 Å². The van der Waals surface area contributed by atoms with Crippen molar-refractivity contribution in [3.8, 4) is 0 Å². The van der Waals surface area contributed by atoms with E-state index in [4.69, 9.17) is 0 Å². The Morgan fingerprint density at radius 2 is 2.05 bits per heavy atom. The zero-order valence-electron chi connectivity index (χ0n) is 11.8. The molecule has 2 N–H and O–H groups in total. The maximum atomic E-state index is 12.5. The fourth-order valence-electron chi connectivity index (χ4n) is 1.76. The summed E-state index contributed by atoms with van der Waals surface area (Å²) in [4.78, 5) is 1.17. The van der Waals surface area contributed by atoms with Crippen LogP contribution in [0.5, 0.6) is 0 Å². The van der Waals surface area contributed by atoms with Gasteiger partial charge in [0.2, 0.25) is 0 Å². The van der Waals surface area contributed by atoms with E-state index in [2.05, 4.69) is 32.6 Å². The van der Waals surface area contributed by atoms with Crippen molar-refractivity contribution in [2.75, 3.05) is 4.72 Å². The molecule has 21 heavy (non-hydrogen) atoms. The molecule has 7 heteroatoms. The van der Waals surface area contributed by atoms with Crippen molar-refractivity contribution in [2.24, 2.45) is 0 Å². The van der Waals surface area contributed by atoms with Gasteiger partial charge in [-0.25, -0.2) is 8.42 Å². The molecule has 0 fully saturated rings. The van der Waals surface area contributed by atoms with E-state index >= 15 is 0 Å². The first-order chi connectivity index (χ1) is 9.88. The highest BCUT2D eigenvalue weighted by atomic mass is 127. The van der Waals surface area contributed by atoms with Crippen LogP contribution in [0.1, 0.15) is 18.7 Å². The summed E-state index contributed by atoms with van der Waals surface area (Å²) in [7, 11) is -3.55. The van der Waals surface area contributed by atoms with Crippen LogP contribution in [0.15, 0.2) is 40.6 Å². The molecule has 114 valence electrons. The summed E-state index contributed by atoms with van der Waals surface area (Å²) in [6.45, 7) is 4.62. The van der Waals surface area contributed by atoms with Crippen LogP contribution in [0.3, 0.4) is 0 Å². The van der Waals surface area contributed by atoms with Crippen LogP contribution >= 0.6 is 33.9 Å². The maximum absolute atomic E-state index is 12.5. The average molecular weight is 436 g/mol. The third-order valence-electron chi connectivity index (χ3n) is 2.74. The molecule has 0 saturated carbocycles. The Morgan fingerprint density at radius 1 is 1.29 bits per heavy atom. The van der Waals surface area contributed by atoms with Crippen molar-refractivity contribution < 1.29 is 8.42 Å². The number of benzene rings is 1. The number of nitrogens with one attached hydrogen (secondary N) is 2. The second kappa shape index (κ2) is 7.08. The number of sulfonamides is 1. The number of anilines is 1. The minimum absolute atomic E-state index is 0.311. The van der Waals surface area contributed by atoms with Crippen LogP contribution in [-0.4, -0.2) is 14.5 Å². The Bertz CT molecular complexity index is 711. The predicted octanol–water partition coefficient (Wildman–Crippen LogP) is 3.65. The van der Waals surface area contributed by atoms with Crippen molar-refractivity contribution in [1.29, 1.82) is 0 Å². The Labute approximate surface area is 143 Å². The summed E-state index contributed by atoms with van der Waals surface area (Å²) in [5.41, 5.74) is 0.580. The lowest BCUT2D eigenvalue weighted by Gasteiger charge is -2.11. The first kappa shape index (κ1) is 16.7. The minimum Gasteiger partial charge on any atom is -0.310 e. The molecule has 0 aliphatic heterocycles. The molecule has 0 radical (unpaired) electrons. The molecule has 0 atom stereocenters. The first-order valence-corrected chi connectivity index (χ1v) is 9.91. The zero-order valence-corrected chi connectivity index (χ0v) is 15.6. The first-order valence-electron chi connectivity index (χ1n) is 6.46. The van der Waals surface area contributed by atoms with E-state index in [1.165, 1.54) is 11.3 Å². The summed E-state index contributed by atoms with van der Waals surface area (Å²) in [6.07, 6.45) is 0. The Kier molecular flexibility index (Phi) is 5.64. The largest absolute Gasteiger partial charge is 0.310 e. The van der Waals surface area contributed by atoms with E-state index in [9.17, 15) is 8.42 Å². The fraction of sp³-hybridized carbons (Fsp3) is 0.286. The lowest BCUT2D eigenvalue weighted by atomic mass is 10.3. The van der Waals surface area contributed by atoms with E-state index in [0.29, 0.717) is 23.2 Å². The molecule has 2 aromatic rings. The number of halogens is 1. The van der Waals surface area contributed by atoms with Gasteiger partial charge < -0.3 is 5.32 Å². The molecule has 0 spiro atoms. The highest BCUT2D eigenvalue weighted by Crippen LogP contribution is 2.25. The molecule has 0 aliphatic rings. The van der Waals surface area contributed by atoms with E-state index in [-0.39, 0.29) is 0 Å². The minimum atomic E-state index is -3.55. The molecule has 2 rings (SSSR count). The third kappa shape index (κ3) is 4.67. The van der Waals surface area contributed by atoms with Crippen LogP contribution in [0.25, 0.3) is 0 Å². The molecule has 1 heterocycles. The van der Waals surface area contributed by atoms with Crippen LogP contribution < -0.4 is 10.0 Å². The van der Waals surface area contributed by atoms with Gasteiger partial charge in [-0.1, -0.05) is 19.9 Å². The number of hydrogen-bond donors (Lipinski definition) is 2. The molecule has 0 aliphatic carbocycles. The number of thiophene rings is 1. The summed E-state index contributed by atoms with van der Waals surface area (Å²) >= 11 is 3.60. The predicted molar refractivity (Wildman–Crippen MR) is 96.3 cm³/mol. The van der Waals surface area contributed by atoms with Crippen molar-refractivity contribution in [3.05, 3.63) is 44.2 Å². The molecule has 0 amide bonds. The van der Waals surface area contributed by atoms with Gasteiger partial charge in [-0.05, 0) is 52.2 Å². The number of rotatable bonds is 6. The Balaban J connectivity index is 2.22. The van der Waals surface area contributed by atoms with Gasteiger partial charge in [0.1, 0.15) is 4.90 Å². The summed E-state index contributed by atoms with van der Waals surface area (Å²) in [5, 5.41) is 5.06. The van der Waals surface area contributed by atoms with Gasteiger partial charge in [-0.2, -0.15) is 0 Å². The Morgan fingerprint density at radius 3 is 2.71 bits per heavy atom. The van der Waals surface area contributed by atoms with Crippen molar-refractivity contribution in [1.82, 2.24) is 5.32 Å². The second-order valence-electron chi connectivity index (χ2n) is 4.86. The zero-order chi connectivity index (χ0) is 15.5. The molecule has 0 saturated heterocycles. The topological polar surface area (TPSA) is 58.2 Å². The Hall–Kier alpha value is -0.640. The summed E-state index contributed by atoms with van der Waals surface area (Å²) in [6, 6.07) is 9.26. The van der Waals surface area contributed by atoms with Gasteiger partial charge >= 0.3 is 0 Å². The summed E-state index contributed by atoms with van der Waals surface area (Å²) in [5.74, 6) is 0. The van der Waals surface area contributed by atoms with Crippen molar-refractivity contribution in [3.63, 3.8) is 0 Å². The second-order valence-corrected chi connectivity index (χ2v) is 8.76. The fourth-order valence-corrected chi connectivity index (χ4v) is 4.74. The van der Waals surface area contributed by atoms with Gasteiger partial charge in [0.15, 0.2) is 0 Å². The standard InChI is InChI=1S/C14H17IN2O2S2/c1-10(2)16-9-13-14(6-7-20-13)21(18,19)17-12-5-3-4-11(15)8-12/h3-8,10,16-17H,9H2,1-2H3. The third-order valence-corrected chi connectivity index (χ3v) is 5.93. The van der Waals surface area contributed by atoms with Crippen molar-refractivity contribution >= 4 is 49.6 Å². The van der Waals surface area contributed by atoms with Crippen LogP contribution in [-0.2, 0) is 16.6 Å². The van der Waals surface area contributed by atoms with Gasteiger partial charge in [0, 0.05) is 26.7 Å². The molecule has 4 nitrogen and oxygen atoms in total. The molecule has 0 unspecified atom stereocenters. The van der Waals surface area contributed by atoms with Crippen LogP contribution in [0, 0.1) is 3.57 Å². The van der Waals surface area contributed by atoms with Gasteiger partial charge in [0.05, 0.1) is 0 Å². The lowest BCUT2D eigenvalue weighted by molar-refractivity contribution is 0.581. The molecular formula is C14H17IN2O2S2. The number of hydrogen-bond acceptors (Lipinski definition) is 4. The molecule has 1 aromatic carbocycles. The SMILES string of the molecule is CC(C)NCc1sccc1S(=O)(=O)Nc1cccc(I)c1. The smallest absolute Gasteiger partial charge is 0.263 e. The van der Waals surface area contributed by atoms with Crippen LogP contribution in [0.4, 0.5) is 5.69 Å². The monoisotopic (exact) mass is 436 g/mol. The van der Waals surface area contributed by atoms with E-state index in [0.717, 1.165) is 8.45 Å².